The molecule has 7 aliphatic rings. The summed E-state index contributed by atoms with van der Waals surface area (Å²) in [5.41, 5.74) is 2.70. The molecule has 40 heavy (non-hydrogen) atoms. The van der Waals surface area contributed by atoms with Crippen LogP contribution in [0.4, 0.5) is 0 Å². The molecule has 1 saturated heterocycles. The first-order valence-corrected chi connectivity index (χ1v) is 22.7. The van der Waals surface area contributed by atoms with E-state index in [1.165, 1.54) is 25.7 Å². The van der Waals surface area contributed by atoms with Crippen molar-refractivity contribution in [2.45, 2.75) is 160 Å². The first kappa shape index (κ1) is 29.3. The summed E-state index contributed by atoms with van der Waals surface area (Å²) in [5, 5.41) is 2.05. The van der Waals surface area contributed by atoms with Crippen LogP contribution in [-0.4, -0.2) is 18.6 Å². The molecule has 0 amide bonds. The Kier molecular flexibility index (Phi) is 7.75. The molecule has 2 heteroatoms. The van der Waals surface area contributed by atoms with Crippen molar-refractivity contribution in [3.63, 3.8) is 0 Å². The van der Waals surface area contributed by atoms with Crippen molar-refractivity contribution in [2.75, 3.05) is 0 Å². The summed E-state index contributed by atoms with van der Waals surface area (Å²) in [6, 6.07) is 0. The van der Waals surface area contributed by atoms with Crippen molar-refractivity contribution in [3.8, 4) is 0 Å². The predicted molar refractivity (Wildman–Crippen MR) is 179 cm³/mol. The maximum atomic E-state index is 2.97. The number of fused-ring (bicyclic) bond motifs is 5. The molecule has 0 spiro atoms. The Labute approximate surface area is 255 Å². The molecule has 14 atom stereocenters. The van der Waals surface area contributed by atoms with Crippen molar-refractivity contribution >= 4 is 19.8 Å². The molecule has 1 aliphatic heterocycles. The predicted octanol–water partition coefficient (Wildman–Crippen LogP) is 11.6. The minimum atomic E-state index is -1.44. The van der Waals surface area contributed by atoms with E-state index in [0.717, 1.165) is 92.6 Å². The highest BCUT2D eigenvalue weighted by atomic mass is 32.2. The van der Waals surface area contributed by atoms with E-state index in [9.17, 15) is 0 Å². The molecule has 228 valence electrons. The first-order valence-electron chi connectivity index (χ1n) is 18.6. The van der Waals surface area contributed by atoms with Crippen LogP contribution >= 0.6 is 11.8 Å². The van der Waals surface area contributed by atoms with E-state index in [-0.39, 0.29) is 0 Å². The van der Waals surface area contributed by atoms with Gasteiger partial charge in [-0.3, -0.25) is 0 Å². The van der Waals surface area contributed by atoms with Crippen LogP contribution in [0.1, 0.15) is 125 Å². The molecule has 0 N–H and O–H groups in total. The van der Waals surface area contributed by atoms with Gasteiger partial charge >= 0.3 is 0 Å². The highest BCUT2D eigenvalue weighted by Gasteiger charge is 2.65. The molecule has 7 rings (SSSR count). The molecule has 6 saturated carbocycles. The summed E-state index contributed by atoms with van der Waals surface area (Å²) < 4.78 is 0. The minimum Gasteiger partial charge on any atom is -0.155 e. The number of rotatable bonds is 3. The molecule has 1 heterocycles. The van der Waals surface area contributed by atoms with Crippen LogP contribution in [0.25, 0.3) is 0 Å². The van der Waals surface area contributed by atoms with E-state index < -0.39 is 8.07 Å². The van der Waals surface area contributed by atoms with Crippen molar-refractivity contribution in [2.24, 2.45) is 76.4 Å². The molecule has 7 fully saturated rings. The van der Waals surface area contributed by atoms with Gasteiger partial charge < -0.3 is 0 Å². The zero-order valence-electron chi connectivity index (χ0n) is 27.8. The van der Waals surface area contributed by atoms with E-state index >= 15 is 0 Å². The van der Waals surface area contributed by atoms with Gasteiger partial charge in [0.2, 0.25) is 0 Å². The Morgan fingerprint density at radius 1 is 0.600 bits per heavy atom. The van der Waals surface area contributed by atoms with Crippen molar-refractivity contribution in [1.29, 1.82) is 0 Å². The molecular formula is C38H66SSi. The fourth-order valence-electron chi connectivity index (χ4n) is 14.7. The van der Waals surface area contributed by atoms with Gasteiger partial charge in [-0.25, -0.2) is 0 Å². The second-order valence-electron chi connectivity index (χ2n) is 18.9. The van der Waals surface area contributed by atoms with E-state index in [0.29, 0.717) is 5.41 Å². The first-order chi connectivity index (χ1) is 19.0. The van der Waals surface area contributed by atoms with Crippen LogP contribution in [-0.2, 0) is 0 Å². The number of hydrogen-bond donors (Lipinski definition) is 0. The van der Waals surface area contributed by atoms with Crippen molar-refractivity contribution in [3.05, 3.63) is 0 Å². The molecule has 6 aliphatic carbocycles. The lowest BCUT2D eigenvalue weighted by Gasteiger charge is -2.52. The molecule has 0 aromatic rings. The van der Waals surface area contributed by atoms with E-state index in [4.69, 9.17) is 0 Å². The Bertz CT molecular complexity index is 911. The maximum absolute atomic E-state index is 2.97. The third kappa shape index (κ3) is 4.53. The van der Waals surface area contributed by atoms with Gasteiger partial charge in [0.1, 0.15) is 0 Å². The van der Waals surface area contributed by atoms with E-state index in [2.05, 4.69) is 66.4 Å². The molecule has 0 aromatic carbocycles. The van der Waals surface area contributed by atoms with Gasteiger partial charge in [-0.2, -0.15) is 11.8 Å². The molecule has 0 aromatic heterocycles. The second-order valence-corrected chi connectivity index (χ2v) is 25.3. The second kappa shape index (κ2) is 10.6. The lowest BCUT2D eigenvalue weighted by Crippen LogP contribution is -2.49. The third-order valence-electron chi connectivity index (χ3n) is 16.1. The lowest BCUT2D eigenvalue weighted by molar-refractivity contribution is 0.00167. The fraction of sp³-hybridized carbons (Fsp3) is 1.00. The zero-order valence-corrected chi connectivity index (χ0v) is 29.7. The Balaban J connectivity index is 1.16. The number of hydrogen-bond acceptors (Lipinski definition) is 1. The summed E-state index contributed by atoms with van der Waals surface area (Å²) in [4.78, 5) is 0. The van der Waals surface area contributed by atoms with Gasteiger partial charge in [-0.15, -0.1) is 0 Å². The molecular weight excluding hydrogens is 517 g/mol. The average Bonchev–Trinajstić information content (AvgIpc) is 3.64. The topological polar surface area (TPSA) is 0 Å². The zero-order chi connectivity index (χ0) is 28.1. The quantitative estimate of drug-likeness (QED) is 0.298. The SMILES string of the molecule is CC1CC2C(CC3CCCC3C2C2CCC(C(C)(C)C)CC2)C1[Si](C)(C)C1C(C)C(C)C2C3CCCCC3SC21. The van der Waals surface area contributed by atoms with E-state index in [1.54, 1.807) is 57.8 Å². The fourth-order valence-corrected chi connectivity index (χ4v) is 24.5. The largest absolute Gasteiger partial charge is 0.155 e. The summed E-state index contributed by atoms with van der Waals surface area (Å²) in [5.74, 6) is 12.6. The van der Waals surface area contributed by atoms with Crippen LogP contribution in [0.2, 0.25) is 24.2 Å². The Hall–Kier alpha value is 0.567. The van der Waals surface area contributed by atoms with Crippen LogP contribution in [0, 0.1) is 76.4 Å². The minimum absolute atomic E-state index is 0.515. The van der Waals surface area contributed by atoms with E-state index in [1.807, 2.05) is 0 Å². The Morgan fingerprint density at radius 2 is 1.30 bits per heavy atom. The highest BCUT2D eigenvalue weighted by Crippen LogP contribution is 2.71. The summed E-state index contributed by atoms with van der Waals surface area (Å²) in [7, 11) is -1.44. The number of thioether (sulfide) groups is 1. The average molecular weight is 583 g/mol. The normalized spacial score (nSPS) is 54.6. The lowest BCUT2D eigenvalue weighted by atomic mass is 9.56. The summed E-state index contributed by atoms with van der Waals surface area (Å²) in [6.07, 6.45) is 20.4. The summed E-state index contributed by atoms with van der Waals surface area (Å²) in [6.45, 7) is 21.8. The van der Waals surface area contributed by atoms with Gasteiger partial charge in [0.25, 0.3) is 0 Å². The van der Waals surface area contributed by atoms with Crippen LogP contribution in [0.5, 0.6) is 0 Å². The molecule has 14 unspecified atom stereocenters. The van der Waals surface area contributed by atoms with Gasteiger partial charge in [0.05, 0.1) is 8.07 Å². The van der Waals surface area contributed by atoms with Gasteiger partial charge in [0, 0.05) is 10.5 Å². The Morgan fingerprint density at radius 3 is 2.02 bits per heavy atom. The molecule has 0 radical (unpaired) electrons. The van der Waals surface area contributed by atoms with Crippen molar-refractivity contribution < 1.29 is 0 Å². The molecule has 0 nitrogen and oxygen atoms in total. The highest BCUT2D eigenvalue weighted by molar-refractivity contribution is 8.01. The van der Waals surface area contributed by atoms with Gasteiger partial charge in [0.15, 0.2) is 0 Å². The summed E-state index contributed by atoms with van der Waals surface area (Å²) >= 11 is 2.57. The maximum Gasteiger partial charge on any atom is 0.0555 e. The monoisotopic (exact) mass is 582 g/mol. The third-order valence-corrected chi connectivity index (χ3v) is 23.5. The van der Waals surface area contributed by atoms with Crippen LogP contribution < -0.4 is 0 Å². The van der Waals surface area contributed by atoms with Crippen LogP contribution in [0.15, 0.2) is 0 Å². The standard InChI is InChI=1S/C38H66SSi/c1-22-20-30-31(21-26-12-11-14-28(26)34(30)25-16-18-27(19-17-25)38(4,5)6)36(22)40(7,8)37-24(3)23(2)33-29-13-9-10-15-32(29)39-35(33)37/h22-37H,9-21H2,1-8H3. The molecule has 0 bridgehead atoms. The van der Waals surface area contributed by atoms with Crippen molar-refractivity contribution in [1.82, 2.24) is 0 Å². The van der Waals surface area contributed by atoms with Gasteiger partial charge in [-0.05, 0) is 145 Å². The smallest absolute Gasteiger partial charge is 0.0555 e. The van der Waals surface area contributed by atoms with Gasteiger partial charge in [-0.1, -0.05) is 80.3 Å². The van der Waals surface area contributed by atoms with Crippen LogP contribution in [0.3, 0.4) is 0 Å².